The van der Waals surface area contributed by atoms with Crippen LogP contribution in [0.4, 0.5) is 5.69 Å². The zero-order valence-electron chi connectivity index (χ0n) is 18.8. The molecule has 1 aromatic carbocycles. The Kier molecular flexibility index (Phi) is 11.8. The number of benzene rings is 1. The predicted octanol–water partition coefficient (Wildman–Crippen LogP) is 3.28. The molecule has 2 heterocycles. The SMILES string of the molecule is CCOC1CCN(C(=NC)NCCCCN2CCN(c3ccccc3)CC2)CC1.I. The normalized spacial score (nSPS) is 18.9. The van der Waals surface area contributed by atoms with Crippen LogP contribution in [0, 0.1) is 0 Å². The first kappa shape index (κ1) is 25.2. The monoisotopic (exact) mass is 529 g/mol. The lowest BCUT2D eigenvalue weighted by Gasteiger charge is -2.36. The molecule has 3 rings (SSSR count). The molecule has 2 aliphatic rings. The molecule has 0 spiro atoms. The van der Waals surface area contributed by atoms with E-state index in [0.29, 0.717) is 6.10 Å². The van der Waals surface area contributed by atoms with Crippen molar-refractivity contribution in [3.63, 3.8) is 0 Å². The third-order valence-electron chi connectivity index (χ3n) is 6.03. The summed E-state index contributed by atoms with van der Waals surface area (Å²) in [7, 11) is 1.89. The van der Waals surface area contributed by atoms with E-state index >= 15 is 0 Å². The van der Waals surface area contributed by atoms with Gasteiger partial charge in [-0.25, -0.2) is 0 Å². The van der Waals surface area contributed by atoms with E-state index in [1.165, 1.54) is 38.2 Å². The Morgan fingerprint density at radius 1 is 1.03 bits per heavy atom. The fraction of sp³-hybridized carbons (Fsp3) is 0.696. The van der Waals surface area contributed by atoms with E-state index in [1.54, 1.807) is 0 Å². The number of anilines is 1. The smallest absolute Gasteiger partial charge is 0.193 e. The van der Waals surface area contributed by atoms with Gasteiger partial charge in [0.05, 0.1) is 6.10 Å². The molecule has 7 heteroatoms. The van der Waals surface area contributed by atoms with Crippen LogP contribution in [0.3, 0.4) is 0 Å². The van der Waals surface area contributed by atoms with Crippen LogP contribution >= 0.6 is 24.0 Å². The Morgan fingerprint density at radius 3 is 2.37 bits per heavy atom. The highest BCUT2D eigenvalue weighted by Crippen LogP contribution is 2.16. The summed E-state index contributed by atoms with van der Waals surface area (Å²) < 4.78 is 5.75. The number of guanidine groups is 1. The Balaban J connectivity index is 0.00000320. The molecule has 6 nitrogen and oxygen atoms in total. The number of para-hydroxylation sites is 1. The number of hydrogen-bond donors (Lipinski definition) is 1. The summed E-state index contributed by atoms with van der Waals surface area (Å²) in [6.45, 7) is 11.8. The average molecular weight is 530 g/mol. The lowest BCUT2D eigenvalue weighted by atomic mass is 10.1. The Morgan fingerprint density at radius 2 is 1.73 bits per heavy atom. The van der Waals surface area contributed by atoms with Crippen molar-refractivity contribution >= 4 is 35.6 Å². The highest BCUT2D eigenvalue weighted by atomic mass is 127. The molecule has 30 heavy (non-hydrogen) atoms. The van der Waals surface area contributed by atoms with Gasteiger partial charge in [-0.1, -0.05) is 18.2 Å². The molecule has 0 bridgehead atoms. The quantitative estimate of drug-likeness (QED) is 0.243. The van der Waals surface area contributed by atoms with Crippen molar-refractivity contribution in [2.75, 3.05) is 70.9 Å². The second kappa shape index (κ2) is 14.1. The van der Waals surface area contributed by atoms with E-state index in [1.807, 2.05) is 7.05 Å². The molecule has 170 valence electrons. The van der Waals surface area contributed by atoms with Gasteiger partial charge in [-0.05, 0) is 51.3 Å². The van der Waals surface area contributed by atoms with Gasteiger partial charge in [0.15, 0.2) is 5.96 Å². The van der Waals surface area contributed by atoms with E-state index in [-0.39, 0.29) is 24.0 Å². The molecule has 0 aromatic heterocycles. The van der Waals surface area contributed by atoms with E-state index in [9.17, 15) is 0 Å². The van der Waals surface area contributed by atoms with Crippen molar-refractivity contribution in [1.82, 2.24) is 15.1 Å². The number of unbranched alkanes of at least 4 members (excludes halogenated alkanes) is 1. The number of ether oxygens (including phenoxy) is 1. The summed E-state index contributed by atoms with van der Waals surface area (Å²) in [5.74, 6) is 1.05. The molecule has 0 radical (unpaired) electrons. The van der Waals surface area contributed by atoms with Gasteiger partial charge >= 0.3 is 0 Å². The van der Waals surface area contributed by atoms with Crippen molar-refractivity contribution in [2.45, 2.75) is 38.7 Å². The van der Waals surface area contributed by atoms with Gasteiger partial charge in [-0.2, -0.15) is 0 Å². The number of rotatable bonds is 8. The molecule has 0 amide bonds. The highest BCUT2D eigenvalue weighted by molar-refractivity contribution is 14.0. The lowest BCUT2D eigenvalue weighted by molar-refractivity contribution is 0.0264. The van der Waals surface area contributed by atoms with E-state index < -0.39 is 0 Å². The fourth-order valence-corrected chi connectivity index (χ4v) is 4.33. The minimum Gasteiger partial charge on any atom is -0.378 e. The maximum absolute atomic E-state index is 5.75. The zero-order valence-corrected chi connectivity index (χ0v) is 21.1. The first-order valence-corrected chi connectivity index (χ1v) is 11.4. The van der Waals surface area contributed by atoms with Gasteiger partial charge in [-0.3, -0.25) is 9.89 Å². The van der Waals surface area contributed by atoms with Gasteiger partial charge in [0.25, 0.3) is 0 Å². The molecule has 0 aliphatic carbocycles. The van der Waals surface area contributed by atoms with Gasteiger partial charge in [0.1, 0.15) is 0 Å². The topological polar surface area (TPSA) is 43.3 Å². The van der Waals surface area contributed by atoms with E-state index in [4.69, 9.17) is 4.74 Å². The number of halogens is 1. The number of piperazine rings is 1. The van der Waals surface area contributed by atoms with Crippen molar-refractivity contribution in [1.29, 1.82) is 0 Å². The molecule has 0 unspecified atom stereocenters. The van der Waals surface area contributed by atoms with Crippen LogP contribution in [0.15, 0.2) is 35.3 Å². The molecule has 1 aromatic rings. The van der Waals surface area contributed by atoms with Crippen LogP contribution < -0.4 is 10.2 Å². The van der Waals surface area contributed by atoms with Crippen molar-refractivity contribution in [2.24, 2.45) is 4.99 Å². The molecule has 0 atom stereocenters. The lowest BCUT2D eigenvalue weighted by Crippen LogP contribution is -2.47. The minimum absolute atomic E-state index is 0. The minimum atomic E-state index is 0. The van der Waals surface area contributed by atoms with E-state index in [0.717, 1.165) is 58.1 Å². The van der Waals surface area contributed by atoms with Gasteiger partial charge in [0, 0.05) is 65.2 Å². The maximum Gasteiger partial charge on any atom is 0.193 e. The fourth-order valence-electron chi connectivity index (χ4n) is 4.33. The van der Waals surface area contributed by atoms with Crippen LogP contribution in [0.25, 0.3) is 0 Å². The van der Waals surface area contributed by atoms with Crippen molar-refractivity contribution in [3.05, 3.63) is 30.3 Å². The average Bonchev–Trinajstić information content (AvgIpc) is 2.78. The molecule has 2 fully saturated rings. The van der Waals surface area contributed by atoms with Gasteiger partial charge < -0.3 is 19.9 Å². The second-order valence-corrected chi connectivity index (χ2v) is 7.99. The summed E-state index contributed by atoms with van der Waals surface area (Å²) in [6.07, 6.45) is 5.05. The zero-order chi connectivity index (χ0) is 20.3. The summed E-state index contributed by atoms with van der Waals surface area (Å²) in [4.78, 5) is 12.0. The number of likely N-dealkylation sites (tertiary alicyclic amines) is 1. The second-order valence-electron chi connectivity index (χ2n) is 7.99. The van der Waals surface area contributed by atoms with Crippen LogP contribution in [-0.4, -0.2) is 87.9 Å². The first-order valence-electron chi connectivity index (χ1n) is 11.4. The molecular weight excluding hydrogens is 489 g/mol. The highest BCUT2D eigenvalue weighted by Gasteiger charge is 2.21. The van der Waals surface area contributed by atoms with Crippen LogP contribution in [-0.2, 0) is 4.74 Å². The summed E-state index contributed by atoms with van der Waals surface area (Å²) in [6, 6.07) is 10.8. The molecule has 2 saturated heterocycles. The standard InChI is InChI=1S/C23H39N5O.HI/c1-3-29-22-11-15-28(16-12-22)23(24-2)25-13-7-8-14-26-17-19-27(20-18-26)21-9-5-4-6-10-21;/h4-6,9-10,22H,3,7-8,11-20H2,1-2H3,(H,24,25);1H. The number of piperidine rings is 1. The van der Waals surface area contributed by atoms with Gasteiger partial charge in [0.2, 0.25) is 0 Å². The third-order valence-corrected chi connectivity index (χ3v) is 6.03. The first-order chi connectivity index (χ1) is 14.3. The number of aliphatic imine (C=N–C) groups is 1. The van der Waals surface area contributed by atoms with Gasteiger partial charge in [-0.15, -0.1) is 24.0 Å². The summed E-state index contributed by atoms with van der Waals surface area (Å²) >= 11 is 0. The Bertz CT molecular complexity index is 599. The molecule has 1 N–H and O–H groups in total. The number of nitrogens with zero attached hydrogens (tertiary/aromatic N) is 4. The summed E-state index contributed by atoms with van der Waals surface area (Å²) in [5, 5.41) is 3.56. The molecule has 0 saturated carbocycles. The Hall–Kier alpha value is -1.06. The van der Waals surface area contributed by atoms with Crippen molar-refractivity contribution < 1.29 is 4.74 Å². The van der Waals surface area contributed by atoms with Crippen LogP contribution in [0.1, 0.15) is 32.6 Å². The molecular formula is C23H40IN5O. The Labute approximate surface area is 200 Å². The maximum atomic E-state index is 5.75. The van der Waals surface area contributed by atoms with Crippen LogP contribution in [0.5, 0.6) is 0 Å². The molecule has 2 aliphatic heterocycles. The number of hydrogen-bond acceptors (Lipinski definition) is 4. The largest absolute Gasteiger partial charge is 0.378 e. The summed E-state index contributed by atoms with van der Waals surface area (Å²) in [5.41, 5.74) is 1.35. The predicted molar refractivity (Wildman–Crippen MR) is 137 cm³/mol. The van der Waals surface area contributed by atoms with E-state index in [2.05, 4.69) is 62.3 Å². The van der Waals surface area contributed by atoms with Crippen LogP contribution in [0.2, 0.25) is 0 Å². The van der Waals surface area contributed by atoms with Crippen molar-refractivity contribution in [3.8, 4) is 0 Å². The number of nitrogens with one attached hydrogen (secondary N) is 1. The third kappa shape index (κ3) is 7.89.